The van der Waals surface area contributed by atoms with Gasteiger partial charge in [-0.15, -0.1) is 5.10 Å². The molecule has 1 aliphatic heterocycles. The van der Waals surface area contributed by atoms with E-state index in [2.05, 4.69) is 20.8 Å². The number of hydrogen-bond donors (Lipinski definition) is 1. The molecule has 10 nitrogen and oxygen atoms in total. The molecule has 0 unspecified atom stereocenters. The molecule has 0 aliphatic carbocycles. The van der Waals surface area contributed by atoms with Crippen molar-refractivity contribution in [3.63, 3.8) is 0 Å². The van der Waals surface area contributed by atoms with E-state index in [-0.39, 0.29) is 16.2 Å². The summed E-state index contributed by atoms with van der Waals surface area (Å²) >= 11 is 0. The second kappa shape index (κ2) is 9.45. The third-order valence-corrected chi connectivity index (χ3v) is 7.25. The van der Waals surface area contributed by atoms with E-state index in [1.165, 1.54) is 34.6 Å². The minimum Gasteiger partial charge on any atom is -0.495 e. The van der Waals surface area contributed by atoms with Crippen LogP contribution in [0, 0.1) is 0 Å². The lowest BCUT2D eigenvalue weighted by atomic mass is 10.2. The fraction of sp³-hybridized carbons (Fsp3) is 0.333. The first kappa shape index (κ1) is 21.9. The van der Waals surface area contributed by atoms with Crippen molar-refractivity contribution in [2.24, 2.45) is 0 Å². The molecule has 0 atom stereocenters. The fourth-order valence-electron chi connectivity index (χ4n) is 3.65. The van der Waals surface area contributed by atoms with Crippen molar-refractivity contribution in [3.8, 4) is 11.4 Å². The van der Waals surface area contributed by atoms with Crippen molar-refractivity contribution in [3.05, 3.63) is 54.4 Å². The Bertz CT molecular complexity index is 1190. The zero-order chi connectivity index (χ0) is 22.6. The van der Waals surface area contributed by atoms with Crippen molar-refractivity contribution in [2.45, 2.75) is 30.6 Å². The minimum atomic E-state index is -3.79. The Balaban J connectivity index is 1.61. The summed E-state index contributed by atoms with van der Waals surface area (Å²) < 4.78 is 34.9. The molecule has 0 radical (unpaired) electrons. The first-order chi connectivity index (χ1) is 15.5. The second-order valence-corrected chi connectivity index (χ2v) is 9.35. The molecule has 1 N–H and O–H groups in total. The summed E-state index contributed by atoms with van der Waals surface area (Å²) in [4.78, 5) is 12.9. The van der Waals surface area contributed by atoms with Gasteiger partial charge in [-0.3, -0.25) is 4.79 Å². The van der Waals surface area contributed by atoms with Gasteiger partial charge in [0.1, 0.15) is 17.0 Å². The summed E-state index contributed by atoms with van der Waals surface area (Å²) in [5, 5.41) is 13.8. The molecule has 1 saturated heterocycles. The standard InChI is InChI=1S/C21H24N6O4S/c1-31-19-10-9-16(13-20(19)32(29,30)26-11-4-2-3-5-12-26)21(28)23-17-7-6-8-18(14-17)27-15-22-24-25-27/h6-10,13-15H,2-5,11-12H2,1H3,(H,23,28). The molecule has 2 aromatic carbocycles. The molecule has 0 bridgehead atoms. The van der Waals surface area contributed by atoms with Crippen molar-refractivity contribution in [2.75, 3.05) is 25.5 Å². The third-order valence-electron chi connectivity index (χ3n) is 5.33. The van der Waals surface area contributed by atoms with Gasteiger partial charge >= 0.3 is 0 Å². The van der Waals surface area contributed by atoms with Crippen LogP contribution in [0.1, 0.15) is 36.0 Å². The average Bonchev–Trinajstić information content (AvgIpc) is 3.20. The predicted octanol–water partition coefficient (Wildman–Crippen LogP) is 2.49. The van der Waals surface area contributed by atoms with E-state index in [0.717, 1.165) is 25.7 Å². The number of carbonyl (C=O) groups is 1. The maximum atomic E-state index is 13.3. The number of hydrogen-bond acceptors (Lipinski definition) is 7. The van der Waals surface area contributed by atoms with Gasteiger partial charge in [-0.25, -0.2) is 13.1 Å². The summed E-state index contributed by atoms with van der Waals surface area (Å²) in [5.41, 5.74) is 1.41. The topological polar surface area (TPSA) is 119 Å². The summed E-state index contributed by atoms with van der Waals surface area (Å²) in [6, 6.07) is 11.4. The molecule has 4 rings (SSSR count). The van der Waals surface area contributed by atoms with Crippen LogP contribution in [-0.2, 0) is 10.0 Å². The molecule has 11 heteroatoms. The summed E-state index contributed by atoms with van der Waals surface area (Å²) in [7, 11) is -2.37. The molecule has 168 valence electrons. The molecule has 1 fully saturated rings. The van der Waals surface area contributed by atoms with Gasteiger partial charge < -0.3 is 10.1 Å². The highest BCUT2D eigenvalue weighted by atomic mass is 32.2. The van der Waals surface area contributed by atoms with Crippen molar-refractivity contribution < 1.29 is 17.9 Å². The highest BCUT2D eigenvalue weighted by molar-refractivity contribution is 7.89. The fourth-order valence-corrected chi connectivity index (χ4v) is 5.35. The van der Waals surface area contributed by atoms with Gasteiger partial charge in [-0.1, -0.05) is 18.9 Å². The van der Waals surface area contributed by atoms with Crippen LogP contribution < -0.4 is 10.1 Å². The number of nitrogens with one attached hydrogen (secondary N) is 1. The van der Waals surface area contributed by atoms with Gasteiger partial charge in [0.15, 0.2) is 0 Å². The van der Waals surface area contributed by atoms with E-state index >= 15 is 0 Å². The Labute approximate surface area is 186 Å². The molecular formula is C21H24N6O4S. The maximum absolute atomic E-state index is 13.3. The third kappa shape index (κ3) is 4.63. The first-order valence-electron chi connectivity index (χ1n) is 10.3. The van der Waals surface area contributed by atoms with E-state index in [0.29, 0.717) is 24.5 Å². The minimum absolute atomic E-state index is 0.00279. The molecule has 1 aromatic heterocycles. The van der Waals surface area contributed by atoms with Gasteiger partial charge in [0.05, 0.1) is 12.8 Å². The summed E-state index contributed by atoms with van der Waals surface area (Å²) in [6.07, 6.45) is 5.10. The Morgan fingerprint density at radius 3 is 2.53 bits per heavy atom. The molecule has 1 aliphatic rings. The lowest BCUT2D eigenvalue weighted by Crippen LogP contribution is -2.32. The van der Waals surface area contributed by atoms with Crippen LogP contribution in [0.25, 0.3) is 5.69 Å². The van der Waals surface area contributed by atoms with E-state index in [1.807, 2.05) is 0 Å². The number of ether oxygens (including phenoxy) is 1. The molecular weight excluding hydrogens is 432 g/mol. The van der Waals surface area contributed by atoms with Crippen molar-refractivity contribution >= 4 is 21.6 Å². The summed E-state index contributed by atoms with van der Waals surface area (Å²) in [5.74, 6) is -0.222. The molecule has 0 spiro atoms. The monoisotopic (exact) mass is 456 g/mol. The lowest BCUT2D eigenvalue weighted by Gasteiger charge is -2.21. The molecule has 1 amide bonds. The number of rotatable bonds is 6. The highest BCUT2D eigenvalue weighted by Gasteiger charge is 2.29. The molecule has 2 heterocycles. The predicted molar refractivity (Wildman–Crippen MR) is 117 cm³/mol. The number of sulfonamides is 1. The van der Waals surface area contributed by atoms with Crippen LogP contribution in [0.2, 0.25) is 0 Å². The lowest BCUT2D eigenvalue weighted by molar-refractivity contribution is 0.102. The largest absolute Gasteiger partial charge is 0.495 e. The van der Waals surface area contributed by atoms with Gasteiger partial charge in [0.2, 0.25) is 10.0 Å². The Morgan fingerprint density at radius 2 is 1.84 bits per heavy atom. The smallest absolute Gasteiger partial charge is 0.255 e. The summed E-state index contributed by atoms with van der Waals surface area (Å²) in [6.45, 7) is 0.928. The second-order valence-electron chi connectivity index (χ2n) is 7.44. The van der Waals surface area contributed by atoms with Crippen molar-refractivity contribution in [1.29, 1.82) is 0 Å². The number of nitrogens with zero attached hydrogens (tertiary/aromatic N) is 5. The number of amides is 1. The SMILES string of the molecule is COc1ccc(C(=O)Nc2cccc(-n3cnnn3)c2)cc1S(=O)(=O)N1CCCCCC1. The number of carbonyl (C=O) groups excluding carboxylic acids is 1. The quantitative estimate of drug-likeness (QED) is 0.605. The van der Waals surface area contributed by atoms with E-state index in [9.17, 15) is 13.2 Å². The van der Waals surface area contributed by atoms with Crippen LogP contribution in [0.3, 0.4) is 0 Å². The first-order valence-corrected chi connectivity index (χ1v) is 11.8. The molecule has 32 heavy (non-hydrogen) atoms. The maximum Gasteiger partial charge on any atom is 0.255 e. The Hall–Kier alpha value is -3.31. The van der Waals surface area contributed by atoms with Gasteiger partial charge in [0.25, 0.3) is 5.91 Å². The molecule has 0 saturated carbocycles. The van der Waals surface area contributed by atoms with Crippen LogP contribution >= 0.6 is 0 Å². The van der Waals surface area contributed by atoms with E-state index in [1.54, 1.807) is 30.3 Å². The van der Waals surface area contributed by atoms with Crippen LogP contribution in [0.15, 0.2) is 53.7 Å². The normalized spacial score (nSPS) is 15.2. The number of anilines is 1. The van der Waals surface area contributed by atoms with Crippen LogP contribution in [0.5, 0.6) is 5.75 Å². The zero-order valence-electron chi connectivity index (χ0n) is 17.6. The molecule has 3 aromatic rings. The zero-order valence-corrected chi connectivity index (χ0v) is 18.5. The van der Waals surface area contributed by atoms with E-state index < -0.39 is 15.9 Å². The average molecular weight is 457 g/mol. The number of aromatic nitrogens is 4. The van der Waals surface area contributed by atoms with Crippen LogP contribution in [0.4, 0.5) is 5.69 Å². The van der Waals surface area contributed by atoms with Gasteiger partial charge in [-0.05, 0) is 59.7 Å². The van der Waals surface area contributed by atoms with Gasteiger partial charge in [0, 0.05) is 24.3 Å². The number of benzene rings is 2. The van der Waals surface area contributed by atoms with Gasteiger partial charge in [-0.2, -0.15) is 4.31 Å². The van der Waals surface area contributed by atoms with Crippen molar-refractivity contribution in [1.82, 2.24) is 24.5 Å². The highest BCUT2D eigenvalue weighted by Crippen LogP contribution is 2.29. The van der Waals surface area contributed by atoms with E-state index in [4.69, 9.17) is 4.74 Å². The van der Waals surface area contributed by atoms with Crippen LogP contribution in [-0.4, -0.2) is 59.0 Å². The number of methoxy groups -OCH3 is 1. The Kier molecular flexibility index (Phi) is 6.47. The number of tetrazole rings is 1. The Morgan fingerprint density at radius 1 is 1.06 bits per heavy atom.